The normalized spacial score (nSPS) is 19.5. The van der Waals surface area contributed by atoms with Crippen LogP contribution in [0.4, 0.5) is 0 Å². The fourth-order valence-electron chi connectivity index (χ4n) is 9.26. The summed E-state index contributed by atoms with van der Waals surface area (Å²) >= 11 is 0. The average Bonchev–Trinajstić information content (AvgIpc) is 3.52. The third-order valence-corrected chi connectivity index (χ3v) is 14.3. The van der Waals surface area contributed by atoms with Crippen molar-refractivity contribution < 1.29 is 49.3 Å². The Kier molecular flexibility index (Phi) is 52.4. The number of nitrogens with one attached hydrogen (secondary N) is 1. The van der Waals surface area contributed by atoms with Gasteiger partial charge in [0.15, 0.2) is 12.4 Å². The maximum absolute atomic E-state index is 13.4. The molecule has 0 saturated carbocycles. The number of amides is 1. The second-order valence-electron chi connectivity index (χ2n) is 21.8. The molecule has 1 saturated heterocycles. The third-order valence-electron chi connectivity index (χ3n) is 14.3. The van der Waals surface area contributed by atoms with Crippen LogP contribution in [-0.4, -0.2) is 99.6 Å². The molecule has 0 aliphatic carbocycles. The molecule has 0 radical (unpaired) electrons. The van der Waals surface area contributed by atoms with E-state index in [9.17, 15) is 35.1 Å². The first-order valence-corrected chi connectivity index (χ1v) is 32.3. The molecule has 1 fully saturated rings. The Labute approximate surface area is 493 Å². The molecule has 1 heterocycles. The number of allylic oxidation sites excluding steroid dienone is 19. The van der Waals surface area contributed by atoms with Crippen molar-refractivity contribution in [3.8, 4) is 0 Å². The second-order valence-corrected chi connectivity index (χ2v) is 21.8. The fraction of sp³-hybridized carbons (Fsp3) is 0.686. The molecule has 6 N–H and O–H groups in total. The van der Waals surface area contributed by atoms with Crippen molar-refractivity contribution in [3.05, 3.63) is 122 Å². The summed E-state index contributed by atoms with van der Waals surface area (Å²) < 4.78 is 17.6. The van der Waals surface area contributed by atoms with E-state index in [1.54, 1.807) is 6.08 Å². The highest BCUT2D eigenvalue weighted by atomic mass is 16.7. The molecule has 0 aromatic rings. The Morgan fingerprint density at radius 3 is 1.36 bits per heavy atom. The van der Waals surface area contributed by atoms with E-state index in [1.165, 1.54) is 83.5 Å². The van der Waals surface area contributed by atoms with Crippen LogP contribution in [0, 0.1) is 0 Å². The molecular weight excluding hydrogens is 1010 g/mol. The Hall–Kier alpha value is -3.94. The Morgan fingerprint density at radius 1 is 0.494 bits per heavy atom. The van der Waals surface area contributed by atoms with Crippen molar-refractivity contribution in [1.82, 2.24) is 5.32 Å². The van der Waals surface area contributed by atoms with Crippen molar-refractivity contribution in [2.45, 2.75) is 294 Å². The third kappa shape index (κ3) is 44.3. The molecule has 462 valence electrons. The summed E-state index contributed by atoms with van der Waals surface area (Å²) in [6.45, 7) is 5.60. The number of carbonyl (C=O) groups is 2. The van der Waals surface area contributed by atoms with Crippen molar-refractivity contribution in [2.24, 2.45) is 0 Å². The van der Waals surface area contributed by atoms with Crippen LogP contribution in [0.3, 0.4) is 0 Å². The van der Waals surface area contributed by atoms with Crippen LogP contribution < -0.4 is 5.32 Å². The summed E-state index contributed by atoms with van der Waals surface area (Å²) in [6.07, 6.45) is 68.1. The fourth-order valence-corrected chi connectivity index (χ4v) is 9.26. The molecule has 0 aromatic carbocycles. The molecule has 0 spiro atoms. The Morgan fingerprint density at radius 2 is 0.889 bits per heavy atom. The molecule has 0 bridgehead atoms. The van der Waals surface area contributed by atoms with Crippen LogP contribution in [0.2, 0.25) is 0 Å². The van der Waals surface area contributed by atoms with Crippen molar-refractivity contribution in [2.75, 3.05) is 13.2 Å². The molecule has 8 unspecified atom stereocenters. The monoisotopic (exact) mass is 1130 g/mol. The lowest BCUT2D eigenvalue weighted by Crippen LogP contribution is -2.61. The lowest BCUT2D eigenvalue weighted by Gasteiger charge is -2.41. The summed E-state index contributed by atoms with van der Waals surface area (Å²) in [5, 5.41) is 57.0. The van der Waals surface area contributed by atoms with Gasteiger partial charge in [0.2, 0.25) is 5.91 Å². The number of ether oxygens (including phenoxy) is 3. The highest BCUT2D eigenvalue weighted by molar-refractivity contribution is 5.80. The van der Waals surface area contributed by atoms with E-state index in [4.69, 9.17) is 14.2 Å². The molecule has 0 aromatic heterocycles. The Balaban J connectivity index is 2.66. The summed E-state index contributed by atoms with van der Waals surface area (Å²) in [5.41, 5.74) is 0. The van der Waals surface area contributed by atoms with Crippen LogP contribution in [0.15, 0.2) is 122 Å². The number of aliphatic hydroxyl groups excluding tert-OH is 5. The predicted molar refractivity (Wildman–Crippen MR) is 338 cm³/mol. The van der Waals surface area contributed by atoms with Gasteiger partial charge in [-0.3, -0.25) is 9.59 Å². The molecule has 8 atom stereocenters. The van der Waals surface area contributed by atoms with Gasteiger partial charge in [-0.25, -0.2) is 0 Å². The van der Waals surface area contributed by atoms with Gasteiger partial charge < -0.3 is 45.1 Å². The van der Waals surface area contributed by atoms with Crippen molar-refractivity contribution >= 4 is 11.9 Å². The van der Waals surface area contributed by atoms with Gasteiger partial charge >= 0.3 is 5.97 Å². The van der Waals surface area contributed by atoms with E-state index >= 15 is 0 Å². The van der Waals surface area contributed by atoms with Crippen molar-refractivity contribution in [3.63, 3.8) is 0 Å². The minimum atomic E-state index is -1.65. The molecule has 1 aliphatic heterocycles. The van der Waals surface area contributed by atoms with Crippen LogP contribution in [-0.2, 0) is 23.8 Å². The number of rotatable bonds is 53. The zero-order valence-electron chi connectivity index (χ0n) is 51.1. The first-order chi connectivity index (χ1) is 39.7. The van der Waals surface area contributed by atoms with Crippen LogP contribution in [0.5, 0.6) is 0 Å². The van der Waals surface area contributed by atoms with E-state index in [-0.39, 0.29) is 19.4 Å². The average molecular weight is 1130 g/mol. The lowest BCUT2D eigenvalue weighted by atomic mass is 9.99. The van der Waals surface area contributed by atoms with Gasteiger partial charge in [0.25, 0.3) is 0 Å². The first kappa shape index (κ1) is 75.1. The molecule has 1 amide bonds. The minimum absolute atomic E-state index is 0.0383. The molecule has 11 nitrogen and oxygen atoms in total. The quantitative estimate of drug-likeness (QED) is 0.0195. The van der Waals surface area contributed by atoms with E-state index in [0.29, 0.717) is 19.3 Å². The minimum Gasteiger partial charge on any atom is -0.454 e. The topological polar surface area (TPSA) is 175 Å². The number of unbranched alkanes of at least 4 members (excludes halogenated alkanes) is 21. The molecule has 1 rings (SSSR count). The summed E-state index contributed by atoms with van der Waals surface area (Å²) in [6, 6.07) is -1.05. The van der Waals surface area contributed by atoms with Gasteiger partial charge in [-0.05, 0) is 109 Å². The lowest BCUT2D eigenvalue weighted by molar-refractivity contribution is -0.305. The summed E-state index contributed by atoms with van der Waals surface area (Å²) in [5.74, 6) is -1.27. The van der Waals surface area contributed by atoms with Gasteiger partial charge in [-0.1, -0.05) is 251 Å². The predicted octanol–water partition coefficient (Wildman–Crippen LogP) is 15.8. The SMILES string of the molecule is CC/C=C\C/C=C\C/C=C\C/C=C\C/C=C\CCCC(=O)OC1C(OCC(NC(=O)C(O)CCCCCCCCCC/C=C\C/C=C\C/C=C\C/C=C\CCCCC)C(O)/C=C/CCCCCCCCCCC)OC(CO)C(O)C1O. The van der Waals surface area contributed by atoms with Crippen LogP contribution >= 0.6 is 0 Å². The summed E-state index contributed by atoms with van der Waals surface area (Å²) in [4.78, 5) is 26.5. The van der Waals surface area contributed by atoms with E-state index in [0.717, 1.165) is 109 Å². The van der Waals surface area contributed by atoms with Gasteiger partial charge in [-0.15, -0.1) is 0 Å². The van der Waals surface area contributed by atoms with E-state index < -0.39 is 67.4 Å². The molecular formula is C70H117NO10. The highest BCUT2D eigenvalue weighted by Crippen LogP contribution is 2.26. The van der Waals surface area contributed by atoms with Gasteiger partial charge in [0, 0.05) is 6.42 Å². The number of hydrogen-bond acceptors (Lipinski definition) is 10. The van der Waals surface area contributed by atoms with Crippen LogP contribution in [0.25, 0.3) is 0 Å². The Bertz CT molecular complexity index is 1780. The maximum Gasteiger partial charge on any atom is 0.306 e. The second kappa shape index (κ2) is 56.5. The molecule has 81 heavy (non-hydrogen) atoms. The van der Waals surface area contributed by atoms with Gasteiger partial charge in [0.1, 0.15) is 24.4 Å². The first-order valence-electron chi connectivity index (χ1n) is 32.3. The molecule has 11 heteroatoms. The largest absolute Gasteiger partial charge is 0.454 e. The van der Waals surface area contributed by atoms with Gasteiger partial charge in [-0.2, -0.15) is 0 Å². The number of esters is 1. The number of aliphatic hydroxyl groups is 5. The highest BCUT2D eigenvalue weighted by Gasteiger charge is 2.47. The number of hydrogen-bond donors (Lipinski definition) is 6. The molecule has 1 aliphatic rings. The van der Waals surface area contributed by atoms with Crippen molar-refractivity contribution in [1.29, 1.82) is 0 Å². The van der Waals surface area contributed by atoms with E-state index in [1.807, 2.05) is 18.2 Å². The smallest absolute Gasteiger partial charge is 0.306 e. The zero-order valence-corrected chi connectivity index (χ0v) is 51.1. The number of carbonyl (C=O) groups excluding carboxylic acids is 2. The van der Waals surface area contributed by atoms with Gasteiger partial charge in [0.05, 0.1) is 25.4 Å². The van der Waals surface area contributed by atoms with E-state index in [2.05, 4.69) is 123 Å². The zero-order chi connectivity index (χ0) is 58.9. The summed E-state index contributed by atoms with van der Waals surface area (Å²) in [7, 11) is 0. The van der Waals surface area contributed by atoms with Crippen LogP contribution in [0.1, 0.15) is 245 Å². The maximum atomic E-state index is 13.4. The standard InChI is InChI=1S/C70H117NO10/c1-4-7-10-13-16-19-22-24-26-28-29-30-31-32-33-34-36-37-39-42-45-48-51-54-57-63(74)69(78)71-61(62(73)56-53-50-47-44-41-21-18-15-12-9-6-3)60-79-70-68(67(77)66(76)64(59-72)80-70)81-65(75)58-55-52-49-46-43-40-38-35-27-25-23-20-17-14-11-8-5-2/h8,11,16-17,19-20,24-27,29-30,32-33,38,40,46,49,53,56,61-64,66-68,70,72-74,76-77H,4-7,9-10,12-15,18,21-23,28,31,34-37,39,41-45,47-48,50-52,54-55,57-60H2,1-3H3,(H,71,78)/b11-8-,19-16-,20-17-,26-24-,27-25-,30-29-,33-32-,40-38-,49-46-,56-53+.